The molecule has 128 valence electrons. The van der Waals surface area contributed by atoms with Crippen LogP contribution in [0.4, 0.5) is 5.69 Å². The van der Waals surface area contributed by atoms with E-state index in [1.54, 1.807) is 19.1 Å². The fourth-order valence-corrected chi connectivity index (χ4v) is 2.55. The predicted molar refractivity (Wildman–Crippen MR) is 87.1 cm³/mol. The summed E-state index contributed by atoms with van der Waals surface area (Å²) in [4.78, 5) is 24.1. The molecular formula is C16H20N4O4. The molecule has 0 saturated heterocycles. The fraction of sp³-hybridized carbons (Fsp3) is 0.375. The van der Waals surface area contributed by atoms with Gasteiger partial charge in [-0.25, -0.2) is 0 Å². The molecule has 2 rings (SSSR count). The van der Waals surface area contributed by atoms with Crippen LogP contribution in [0.15, 0.2) is 42.7 Å². The molecule has 0 fully saturated rings. The zero-order valence-corrected chi connectivity index (χ0v) is 13.6. The summed E-state index contributed by atoms with van der Waals surface area (Å²) in [6, 6.07) is 8.68. The number of nitrogens with zero attached hydrogens (tertiary/aromatic N) is 4. The lowest BCUT2D eigenvalue weighted by Crippen LogP contribution is -2.43. The van der Waals surface area contributed by atoms with Gasteiger partial charge in [0.25, 0.3) is 0 Å². The average Bonchev–Trinajstić information content (AvgIpc) is 3.04. The third-order valence-corrected chi connectivity index (χ3v) is 3.88. The maximum absolute atomic E-state index is 12.5. The first kappa shape index (κ1) is 17.6. The Hall–Kier alpha value is -2.74. The molecule has 2 atom stereocenters. The van der Waals surface area contributed by atoms with E-state index in [4.69, 9.17) is 0 Å². The topological polar surface area (TPSA) is 102 Å². The Morgan fingerprint density at radius 2 is 2.08 bits per heavy atom. The highest BCUT2D eigenvalue weighted by molar-refractivity contribution is 5.76. The molecular weight excluding hydrogens is 312 g/mol. The molecule has 0 aliphatic heterocycles. The largest absolute Gasteiger partial charge is 0.386 e. The third-order valence-electron chi connectivity index (χ3n) is 3.88. The Bertz CT molecular complexity index is 701. The van der Waals surface area contributed by atoms with Crippen LogP contribution in [0.25, 0.3) is 0 Å². The van der Waals surface area contributed by atoms with Crippen LogP contribution in [0.5, 0.6) is 0 Å². The number of benzene rings is 1. The van der Waals surface area contributed by atoms with Crippen LogP contribution >= 0.6 is 0 Å². The first-order valence-electron chi connectivity index (χ1n) is 7.63. The third kappa shape index (κ3) is 3.96. The fourth-order valence-electron chi connectivity index (χ4n) is 2.55. The quantitative estimate of drug-likeness (QED) is 0.615. The van der Waals surface area contributed by atoms with Crippen molar-refractivity contribution in [1.82, 2.24) is 14.7 Å². The summed E-state index contributed by atoms with van der Waals surface area (Å²) in [6.07, 6.45) is 1.50. The second-order valence-corrected chi connectivity index (χ2v) is 5.43. The second kappa shape index (κ2) is 7.69. The van der Waals surface area contributed by atoms with Crippen molar-refractivity contribution in [2.75, 3.05) is 6.54 Å². The van der Waals surface area contributed by atoms with Gasteiger partial charge in [-0.2, -0.15) is 5.10 Å². The molecule has 1 heterocycles. The summed E-state index contributed by atoms with van der Waals surface area (Å²) in [5, 5.41) is 25.0. The van der Waals surface area contributed by atoms with E-state index in [9.17, 15) is 20.0 Å². The number of aliphatic hydroxyl groups excluding tert-OH is 1. The molecule has 0 bridgehead atoms. The van der Waals surface area contributed by atoms with Gasteiger partial charge in [0.15, 0.2) is 0 Å². The van der Waals surface area contributed by atoms with Crippen LogP contribution in [0.3, 0.4) is 0 Å². The van der Waals surface area contributed by atoms with E-state index in [0.717, 1.165) is 11.8 Å². The summed E-state index contributed by atoms with van der Waals surface area (Å²) in [7, 11) is 0. The van der Waals surface area contributed by atoms with Crippen molar-refractivity contribution in [1.29, 1.82) is 0 Å². The number of carbonyl (C=O) groups excluding carboxylic acids is 1. The lowest BCUT2D eigenvalue weighted by Gasteiger charge is -2.31. The van der Waals surface area contributed by atoms with E-state index in [-0.39, 0.29) is 18.1 Å². The van der Waals surface area contributed by atoms with E-state index < -0.39 is 17.1 Å². The van der Waals surface area contributed by atoms with Crippen molar-refractivity contribution in [3.05, 3.63) is 58.4 Å². The summed E-state index contributed by atoms with van der Waals surface area (Å²) >= 11 is 0. The Morgan fingerprint density at radius 3 is 2.62 bits per heavy atom. The molecule has 8 heteroatoms. The molecule has 1 N–H and O–H groups in total. The van der Waals surface area contributed by atoms with Crippen molar-refractivity contribution in [3.63, 3.8) is 0 Å². The Labute approximate surface area is 139 Å². The predicted octanol–water partition coefficient (Wildman–Crippen LogP) is 1.76. The van der Waals surface area contributed by atoms with Crippen LogP contribution in [0.2, 0.25) is 0 Å². The van der Waals surface area contributed by atoms with Gasteiger partial charge in [-0.15, -0.1) is 0 Å². The van der Waals surface area contributed by atoms with Crippen molar-refractivity contribution in [2.45, 2.75) is 32.5 Å². The van der Waals surface area contributed by atoms with E-state index in [1.165, 1.54) is 15.8 Å². The van der Waals surface area contributed by atoms with Crippen molar-refractivity contribution in [2.24, 2.45) is 0 Å². The highest BCUT2D eigenvalue weighted by Gasteiger charge is 2.26. The molecule has 0 aliphatic carbocycles. The monoisotopic (exact) mass is 332 g/mol. The lowest BCUT2D eigenvalue weighted by molar-refractivity contribution is -0.385. The SMILES string of the molecule is CCN(C(=O)Cn1cc([N+](=O)[O-])cn1)[C@@H](C)[C@H](O)c1ccccc1. The van der Waals surface area contributed by atoms with Crippen LogP contribution in [0.1, 0.15) is 25.5 Å². The van der Waals surface area contributed by atoms with E-state index in [0.29, 0.717) is 6.54 Å². The molecule has 1 aromatic heterocycles. The van der Waals surface area contributed by atoms with Gasteiger partial charge in [0.1, 0.15) is 18.9 Å². The number of likely N-dealkylation sites (N-methyl/N-ethyl adjacent to an activating group) is 1. The number of carbonyl (C=O) groups is 1. The molecule has 1 aromatic carbocycles. The molecule has 0 spiro atoms. The average molecular weight is 332 g/mol. The number of aromatic nitrogens is 2. The molecule has 0 radical (unpaired) electrons. The summed E-state index contributed by atoms with van der Waals surface area (Å²) in [5.74, 6) is -0.266. The Kier molecular flexibility index (Phi) is 5.64. The smallest absolute Gasteiger partial charge is 0.307 e. The molecule has 0 saturated carbocycles. The van der Waals surface area contributed by atoms with Crippen LogP contribution in [-0.2, 0) is 11.3 Å². The van der Waals surface area contributed by atoms with Crippen molar-refractivity contribution >= 4 is 11.6 Å². The minimum atomic E-state index is -0.818. The lowest BCUT2D eigenvalue weighted by atomic mass is 10.0. The minimum absolute atomic E-state index is 0.118. The Balaban J connectivity index is 2.08. The van der Waals surface area contributed by atoms with E-state index in [2.05, 4.69) is 5.10 Å². The van der Waals surface area contributed by atoms with Crippen molar-refractivity contribution < 1.29 is 14.8 Å². The van der Waals surface area contributed by atoms with Gasteiger partial charge in [0.05, 0.1) is 17.1 Å². The summed E-state index contributed by atoms with van der Waals surface area (Å²) < 4.78 is 1.23. The van der Waals surface area contributed by atoms with Crippen LogP contribution in [-0.4, -0.2) is 43.2 Å². The number of hydrogen-bond donors (Lipinski definition) is 1. The van der Waals surface area contributed by atoms with Crippen LogP contribution < -0.4 is 0 Å². The molecule has 0 aliphatic rings. The van der Waals surface area contributed by atoms with Crippen LogP contribution in [0, 0.1) is 10.1 Å². The molecule has 24 heavy (non-hydrogen) atoms. The number of rotatable bonds is 7. The van der Waals surface area contributed by atoms with Gasteiger partial charge in [0.2, 0.25) is 5.91 Å². The maximum atomic E-state index is 12.5. The van der Waals surface area contributed by atoms with Gasteiger partial charge in [0, 0.05) is 6.54 Å². The highest BCUT2D eigenvalue weighted by atomic mass is 16.6. The number of hydrogen-bond acceptors (Lipinski definition) is 5. The highest BCUT2D eigenvalue weighted by Crippen LogP contribution is 2.21. The van der Waals surface area contributed by atoms with Gasteiger partial charge in [-0.05, 0) is 19.4 Å². The summed E-state index contributed by atoms with van der Waals surface area (Å²) in [5.41, 5.74) is 0.564. The molecule has 8 nitrogen and oxygen atoms in total. The zero-order valence-electron chi connectivity index (χ0n) is 13.6. The normalized spacial score (nSPS) is 13.3. The summed E-state index contributed by atoms with van der Waals surface area (Å²) in [6.45, 7) is 3.88. The molecule has 1 amide bonds. The second-order valence-electron chi connectivity index (χ2n) is 5.43. The molecule has 2 aromatic rings. The minimum Gasteiger partial charge on any atom is -0.386 e. The number of amides is 1. The number of aliphatic hydroxyl groups is 1. The number of nitro groups is 1. The molecule has 0 unspecified atom stereocenters. The van der Waals surface area contributed by atoms with Crippen molar-refractivity contribution in [3.8, 4) is 0 Å². The standard InChI is InChI=1S/C16H20N4O4/c1-3-19(12(2)16(22)13-7-5-4-6-8-13)15(21)11-18-10-14(9-17-18)20(23)24/h4-10,12,16,22H,3,11H2,1-2H3/t12-,16-/m0/s1. The van der Waals surface area contributed by atoms with E-state index >= 15 is 0 Å². The van der Waals surface area contributed by atoms with E-state index in [1.807, 2.05) is 25.1 Å². The van der Waals surface area contributed by atoms with Gasteiger partial charge in [-0.1, -0.05) is 30.3 Å². The van der Waals surface area contributed by atoms with Gasteiger partial charge in [-0.3, -0.25) is 19.6 Å². The van der Waals surface area contributed by atoms with Gasteiger partial charge >= 0.3 is 5.69 Å². The first-order valence-corrected chi connectivity index (χ1v) is 7.63. The maximum Gasteiger partial charge on any atom is 0.307 e. The van der Waals surface area contributed by atoms with Gasteiger partial charge < -0.3 is 10.0 Å². The zero-order chi connectivity index (χ0) is 17.7. The Morgan fingerprint density at radius 1 is 1.42 bits per heavy atom. The first-order chi connectivity index (χ1) is 11.4.